The van der Waals surface area contributed by atoms with Gasteiger partial charge in [-0.05, 0) is 44.1 Å². The van der Waals surface area contributed by atoms with Gasteiger partial charge in [0.1, 0.15) is 0 Å². The first-order valence-electron chi connectivity index (χ1n) is 7.89. The second kappa shape index (κ2) is 8.03. The fourth-order valence-electron chi connectivity index (χ4n) is 2.43. The molecule has 4 heteroatoms. The third-order valence-corrected chi connectivity index (χ3v) is 3.87. The van der Waals surface area contributed by atoms with Crippen molar-refractivity contribution >= 4 is 5.78 Å². The first kappa shape index (κ1) is 15.8. The van der Waals surface area contributed by atoms with Crippen molar-refractivity contribution in [2.75, 3.05) is 32.8 Å². The van der Waals surface area contributed by atoms with Crippen LogP contribution in [-0.4, -0.2) is 43.5 Å². The van der Waals surface area contributed by atoms with E-state index in [0.29, 0.717) is 30.9 Å². The van der Waals surface area contributed by atoms with Crippen LogP contribution in [0.3, 0.4) is 0 Å². The predicted molar refractivity (Wildman–Crippen MR) is 83.4 cm³/mol. The summed E-state index contributed by atoms with van der Waals surface area (Å²) in [5, 5.41) is 0. The summed E-state index contributed by atoms with van der Waals surface area (Å²) in [6.45, 7) is 8.39. The molecule has 1 aromatic carbocycles. The minimum absolute atomic E-state index is 0.162. The number of benzene rings is 1. The molecule has 1 aliphatic heterocycles. The first-order chi connectivity index (χ1) is 10.2. The number of carbonyl (C=O) groups excluding carboxylic acids is 1. The van der Waals surface area contributed by atoms with Crippen molar-refractivity contribution in [3.63, 3.8) is 0 Å². The fourth-order valence-corrected chi connectivity index (χ4v) is 2.43. The molecule has 116 valence electrons. The van der Waals surface area contributed by atoms with Crippen LogP contribution in [0.1, 0.15) is 43.5 Å². The van der Waals surface area contributed by atoms with Gasteiger partial charge in [0.2, 0.25) is 0 Å². The van der Waals surface area contributed by atoms with Crippen molar-refractivity contribution in [2.45, 2.75) is 33.1 Å². The second-order valence-corrected chi connectivity index (χ2v) is 5.27. The number of carbonyl (C=O) groups is 1. The topological polar surface area (TPSA) is 38.8 Å². The summed E-state index contributed by atoms with van der Waals surface area (Å²) < 4.78 is 11.4. The second-order valence-electron chi connectivity index (χ2n) is 5.27. The summed E-state index contributed by atoms with van der Waals surface area (Å²) in [4.78, 5) is 14.6. The van der Waals surface area contributed by atoms with Crippen LogP contribution in [0.4, 0.5) is 0 Å². The molecule has 1 aromatic rings. The maximum Gasteiger partial charge on any atom is 0.164 e. The van der Waals surface area contributed by atoms with Gasteiger partial charge in [0.05, 0.1) is 13.2 Å². The van der Waals surface area contributed by atoms with Crippen LogP contribution in [0.25, 0.3) is 0 Å². The highest BCUT2D eigenvalue weighted by molar-refractivity contribution is 5.96. The lowest BCUT2D eigenvalue weighted by molar-refractivity contribution is 0.0966. The SMILES string of the molecule is CCN(CC)CCC(=O)c1ccc2c(c1)OCCCCO2. The van der Waals surface area contributed by atoms with E-state index in [9.17, 15) is 4.79 Å². The van der Waals surface area contributed by atoms with E-state index in [1.165, 1.54) is 0 Å². The summed E-state index contributed by atoms with van der Waals surface area (Å²) in [6.07, 6.45) is 2.53. The lowest BCUT2D eigenvalue weighted by Gasteiger charge is -2.18. The Kier molecular flexibility index (Phi) is 6.05. The van der Waals surface area contributed by atoms with Crippen LogP contribution in [0.2, 0.25) is 0 Å². The number of hydrogen-bond acceptors (Lipinski definition) is 4. The molecule has 0 spiro atoms. The minimum Gasteiger partial charge on any atom is -0.490 e. The Balaban J connectivity index is 2.02. The number of nitrogens with zero attached hydrogens (tertiary/aromatic N) is 1. The van der Waals surface area contributed by atoms with Crippen LogP contribution in [0.15, 0.2) is 18.2 Å². The van der Waals surface area contributed by atoms with Crippen molar-refractivity contribution < 1.29 is 14.3 Å². The van der Waals surface area contributed by atoms with Gasteiger partial charge in [-0.2, -0.15) is 0 Å². The number of fused-ring (bicyclic) bond motifs is 1. The molecule has 0 aromatic heterocycles. The molecule has 4 nitrogen and oxygen atoms in total. The van der Waals surface area contributed by atoms with Crippen LogP contribution in [0.5, 0.6) is 11.5 Å². The summed E-state index contributed by atoms with van der Waals surface area (Å²) >= 11 is 0. The van der Waals surface area contributed by atoms with Crippen LogP contribution in [0, 0.1) is 0 Å². The summed E-state index contributed by atoms with van der Waals surface area (Å²) in [7, 11) is 0. The Labute approximate surface area is 127 Å². The molecule has 0 aliphatic carbocycles. The van der Waals surface area contributed by atoms with Crippen LogP contribution >= 0.6 is 0 Å². The normalized spacial score (nSPS) is 14.6. The van der Waals surface area contributed by atoms with E-state index >= 15 is 0 Å². The van der Waals surface area contributed by atoms with E-state index < -0.39 is 0 Å². The molecule has 0 saturated carbocycles. The maximum atomic E-state index is 12.3. The smallest absolute Gasteiger partial charge is 0.164 e. The van der Waals surface area contributed by atoms with Crippen molar-refractivity contribution in [3.8, 4) is 11.5 Å². The number of Topliss-reactive ketones (excluding diaryl/α,β-unsaturated/α-hetero) is 1. The molecule has 0 saturated heterocycles. The van der Waals surface area contributed by atoms with E-state index in [-0.39, 0.29) is 5.78 Å². The van der Waals surface area contributed by atoms with Gasteiger partial charge < -0.3 is 14.4 Å². The highest BCUT2D eigenvalue weighted by Crippen LogP contribution is 2.30. The lowest BCUT2D eigenvalue weighted by atomic mass is 10.1. The fraction of sp³-hybridized carbons (Fsp3) is 0.588. The molecular weight excluding hydrogens is 266 g/mol. The lowest BCUT2D eigenvalue weighted by Crippen LogP contribution is -2.25. The molecule has 0 N–H and O–H groups in total. The molecule has 1 aliphatic rings. The van der Waals surface area contributed by atoms with Gasteiger partial charge in [-0.3, -0.25) is 4.79 Å². The van der Waals surface area contributed by atoms with Gasteiger partial charge >= 0.3 is 0 Å². The molecule has 0 atom stereocenters. The third-order valence-electron chi connectivity index (χ3n) is 3.87. The van der Waals surface area contributed by atoms with E-state index in [0.717, 1.165) is 38.2 Å². The Morgan fingerprint density at radius 3 is 2.43 bits per heavy atom. The molecule has 0 unspecified atom stereocenters. The maximum absolute atomic E-state index is 12.3. The van der Waals surface area contributed by atoms with E-state index in [1.54, 1.807) is 0 Å². The van der Waals surface area contributed by atoms with Gasteiger partial charge in [0.15, 0.2) is 17.3 Å². The van der Waals surface area contributed by atoms with Crippen molar-refractivity contribution in [3.05, 3.63) is 23.8 Å². The Hall–Kier alpha value is -1.55. The largest absolute Gasteiger partial charge is 0.490 e. The third kappa shape index (κ3) is 4.46. The zero-order valence-electron chi connectivity index (χ0n) is 13.1. The molecule has 0 amide bonds. The van der Waals surface area contributed by atoms with Crippen molar-refractivity contribution in [2.24, 2.45) is 0 Å². The van der Waals surface area contributed by atoms with Crippen molar-refractivity contribution in [1.29, 1.82) is 0 Å². The summed E-state index contributed by atoms with van der Waals surface area (Å²) in [5.74, 6) is 1.61. The van der Waals surface area contributed by atoms with Gasteiger partial charge in [-0.25, -0.2) is 0 Å². The van der Waals surface area contributed by atoms with E-state index in [4.69, 9.17) is 9.47 Å². The Morgan fingerprint density at radius 2 is 1.76 bits per heavy atom. The standard InChI is InChI=1S/C17H25NO3/c1-3-18(4-2)10-9-15(19)14-7-8-16-17(13-14)21-12-6-5-11-20-16/h7-8,13H,3-6,9-12H2,1-2H3. The highest BCUT2D eigenvalue weighted by Gasteiger charge is 2.14. The minimum atomic E-state index is 0.162. The van der Waals surface area contributed by atoms with Gasteiger partial charge in [-0.1, -0.05) is 13.8 Å². The zero-order chi connectivity index (χ0) is 15.1. The number of ether oxygens (including phenoxy) is 2. The van der Waals surface area contributed by atoms with E-state index in [2.05, 4.69) is 18.7 Å². The predicted octanol–water partition coefficient (Wildman–Crippen LogP) is 3.15. The summed E-state index contributed by atoms with van der Waals surface area (Å²) in [5.41, 5.74) is 0.713. The van der Waals surface area contributed by atoms with Crippen molar-refractivity contribution in [1.82, 2.24) is 4.90 Å². The van der Waals surface area contributed by atoms with Gasteiger partial charge in [0.25, 0.3) is 0 Å². The van der Waals surface area contributed by atoms with Gasteiger partial charge in [0, 0.05) is 18.5 Å². The van der Waals surface area contributed by atoms with Crippen LogP contribution in [-0.2, 0) is 0 Å². The molecule has 0 fully saturated rings. The molecule has 1 heterocycles. The molecule has 21 heavy (non-hydrogen) atoms. The average molecular weight is 291 g/mol. The monoisotopic (exact) mass is 291 g/mol. The highest BCUT2D eigenvalue weighted by atomic mass is 16.5. The first-order valence-corrected chi connectivity index (χ1v) is 7.89. The molecular formula is C17H25NO3. The number of ketones is 1. The Morgan fingerprint density at radius 1 is 1.10 bits per heavy atom. The zero-order valence-corrected chi connectivity index (χ0v) is 13.1. The van der Waals surface area contributed by atoms with Gasteiger partial charge in [-0.15, -0.1) is 0 Å². The summed E-state index contributed by atoms with van der Waals surface area (Å²) in [6, 6.07) is 5.52. The molecule has 0 bridgehead atoms. The quantitative estimate of drug-likeness (QED) is 0.755. The Bertz CT molecular complexity index is 469. The van der Waals surface area contributed by atoms with E-state index in [1.807, 2.05) is 18.2 Å². The number of hydrogen-bond donors (Lipinski definition) is 0. The average Bonchev–Trinajstić information content (AvgIpc) is 2.48. The number of rotatable bonds is 6. The van der Waals surface area contributed by atoms with Crippen LogP contribution < -0.4 is 9.47 Å². The molecule has 2 rings (SSSR count). The molecule has 0 radical (unpaired) electrons.